The van der Waals surface area contributed by atoms with E-state index in [1.807, 2.05) is 40.7 Å². The molecule has 2 amide bonds. The second-order valence-electron chi connectivity index (χ2n) is 7.70. The van der Waals surface area contributed by atoms with Gasteiger partial charge in [0.15, 0.2) is 0 Å². The maximum atomic E-state index is 13.0. The number of para-hydroxylation sites is 2. The highest BCUT2D eigenvalue weighted by molar-refractivity contribution is 5.86. The average molecular weight is 370 g/mol. The van der Waals surface area contributed by atoms with Gasteiger partial charge in [-0.3, -0.25) is 9.59 Å². The number of carbonyl (C=O) groups is 2. The van der Waals surface area contributed by atoms with E-state index in [0.717, 1.165) is 29.7 Å². The van der Waals surface area contributed by atoms with E-state index in [4.69, 9.17) is 0 Å². The van der Waals surface area contributed by atoms with Crippen molar-refractivity contribution in [1.82, 2.24) is 19.4 Å². The van der Waals surface area contributed by atoms with Crippen LogP contribution in [0.5, 0.6) is 0 Å². The summed E-state index contributed by atoms with van der Waals surface area (Å²) in [5.41, 5.74) is 1.39. The predicted molar refractivity (Wildman–Crippen MR) is 101 cm³/mol. The Morgan fingerprint density at radius 2 is 2.07 bits per heavy atom. The zero-order valence-electron chi connectivity index (χ0n) is 15.7. The molecule has 2 aliphatic rings. The summed E-state index contributed by atoms with van der Waals surface area (Å²) in [6, 6.07) is 7.82. The van der Waals surface area contributed by atoms with Crippen LogP contribution in [0, 0.1) is 12.3 Å². The number of benzene rings is 1. The van der Waals surface area contributed by atoms with E-state index in [2.05, 4.69) is 4.98 Å². The number of aliphatic hydroxyl groups is 1. The molecule has 2 aliphatic heterocycles. The molecule has 0 unspecified atom stereocenters. The zero-order valence-corrected chi connectivity index (χ0v) is 15.7. The number of likely N-dealkylation sites (tertiary alicyclic amines) is 2. The van der Waals surface area contributed by atoms with Crippen molar-refractivity contribution in [3.63, 3.8) is 0 Å². The minimum Gasteiger partial charge on any atom is -0.395 e. The normalized spacial score (nSPS) is 23.0. The molecule has 4 rings (SSSR count). The van der Waals surface area contributed by atoms with Crippen LogP contribution in [-0.4, -0.2) is 69.1 Å². The second-order valence-corrected chi connectivity index (χ2v) is 7.70. The maximum Gasteiger partial charge on any atom is 0.242 e. The van der Waals surface area contributed by atoms with Crippen LogP contribution in [0.2, 0.25) is 0 Å². The Labute approximate surface area is 158 Å². The number of amides is 2. The summed E-state index contributed by atoms with van der Waals surface area (Å²) >= 11 is 0. The number of carbonyl (C=O) groups excluding carboxylic acids is 2. The first-order chi connectivity index (χ1) is 13.0. The number of hydrogen-bond donors (Lipinski definition) is 1. The summed E-state index contributed by atoms with van der Waals surface area (Å²) < 4.78 is 1.95. The fraction of sp³-hybridized carbons (Fsp3) is 0.550. The van der Waals surface area contributed by atoms with Crippen LogP contribution in [0.4, 0.5) is 0 Å². The summed E-state index contributed by atoms with van der Waals surface area (Å²) in [4.78, 5) is 34.0. The third kappa shape index (κ3) is 3.10. The Bertz CT molecular complexity index is 875. The fourth-order valence-corrected chi connectivity index (χ4v) is 4.58. The lowest BCUT2D eigenvalue weighted by Crippen LogP contribution is -2.51. The van der Waals surface area contributed by atoms with Crippen molar-refractivity contribution in [1.29, 1.82) is 0 Å². The molecular formula is C20H26N4O3. The molecule has 0 aliphatic carbocycles. The van der Waals surface area contributed by atoms with E-state index >= 15 is 0 Å². The third-order valence-corrected chi connectivity index (χ3v) is 6.04. The van der Waals surface area contributed by atoms with Gasteiger partial charge in [-0.15, -0.1) is 0 Å². The quantitative estimate of drug-likeness (QED) is 0.877. The van der Waals surface area contributed by atoms with Crippen LogP contribution in [0.25, 0.3) is 11.0 Å². The standard InChI is InChI=1S/C20H26N4O3/c1-15-21-16-5-2-3-6-17(16)24(15)13-18(26)23-10-8-20(14-23)7-4-9-22(11-12-25)19(20)27/h2-3,5-6,25H,4,7-14H2,1H3/t20-/m1/s1. The molecule has 1 spiro atoms. The molecule has 2 fully saturated rings. The minimum atomic E-state index is -0.463. The molecule has 0 radical (unpaired) electrons. The minimum absolute atomic E-state index is 0.0164. The van der Waals surface area contributed by atoms with Crippen LogP contribution in [-0.2, 0) is 16.1 Å². The van der Waals surface area contributed by atoms with Crippen molar-refractivity contribution in [3.05, 3.63) is 30.1 Å². The smallest absolute Gasteiger partial charge is 0.242 e. The molecule has 2 saturated heterocycles. The Kier molecular flexibility index (Phi) is 4.63. The molecule has 7 heteroatoms. The van der Waals surface area contributed by atoms with Gasteiger partial charge >= 0.3 is 0 Å². The molecule has 27 heavy (non-hydrogen) atoms. The fourth-order valence-electron chi connectivity index (χ4n) is 4.58. The number of nitrogens with zero attached hydrogens (tertiary/aromatic N) is 4. The molecule has 7 nitrogen and oxygen atoms in total. The first kappa shape index (κ1) is 18.0. The van der Waals surface area contributed by atoms with Crippen molar-refractivity contribution in [3.8, 4) is 0 Å². The first-order valence-electron chi connectivity index (χ1n) is 9.64. The molecule has 0 bridgehead atoms. The van der Waals surface area contributed by atoms with Gasteiger partial charge in [0.05, 0.1) is 23.1 Å². The molecule has 1 atom stereocenters. The summed E-state index contributed by atoms with van der Waals surface area (Å²) in [6.07, 6.45) is 2.47. The number of hydrogen-bond acceptors (Lipinski definition) is 4. The van der Waals surface area contributed by atoms with E-state index < -0.39 is 5.41 Å². The molecule has 1 N–H and O–H groups in total. The number of aromatic nitrogens is 2. The van der Waals surface area contributed by atoms with E-state index in [1.165, 1.54) is 0 Å². The zero-order chi connectivity index (χ0) is 19.0. The molecule has 0 saturated carbocycles. The summed E-state index contributed by atoms with van der Waals surface area (Å²) in [5.74, 6) is 0.953. The van der Waals surface area contributed by atoms with Crippen molar-refractivity contribution < 1.29 is 14.7 Å². The Hall–Kier alpha value is -2.41. The lowest BCUT2D eigenvalue weighted by molar-refractivity contribution is -0.146. The van der Waals surface area contributed by atoms with Crippen molar-refractivity contribution >= 4 is 22.8 Å². The lowest BCUT2D eigenvalue weighted by Gasteiger charge is -2.39. The van der Waals surface area contributed by atoms with Gasteiger partial charge in [-0.2, -0.15) is 0 Å². The Morgan fingerprint density at radius 1 is 1.26 bits per heavy atom. The van der Waals surface area contributed by atoms with Crippen LogP contribution in [0.1, 0.15) is 25.1 Å². The van der Waals surface area contributed by atoms with Crippen molar-refractivity contribution in [2.75, 3.05) is 32.8 Å². The highest BCUT2D eigenvalue weighted by Gasteiger charge is 2.49. The SMILES string of the molecule is Cc1nc2ccccc2n1CC(=O)N1CC[C@]2(CCCN(CCO)C2=O)C1. The van der Waals surface area contributed by atoms with Gasteiger partial charge in [0.1, 0.15) is 12.4 Å². The van der Waals surface area contributed by atoms with E-state index in [9.17, 15) is 14.7 Å². The van der Waals surface area contributed by atoms with Gasteiger partial charge in [0.2, 0.25) is 11.8 Å². The van der Waals surface area contributed by atoms with E-state index in [-0.39, 0.29) is 25.0 Å². The Balaban J connectivity index is 1.49. The van der Waals surface area contributed by atoms with Gasteiger partial charge in [0, 0.05) is 26.2 Å². The van der Waals surface area contributed by atoms with E-state index in [1.54, 1.807) is 4.90 Å². The summed E-state index contributed by atoms with van der Waals surface area (Å²) in [7, 11) is 0. The highest BCUT2D eigenvalue weighted by Crippen LogP contribution is 2.40. The number of β-amino-alcohol motifs (C(OH)–C–C–N with tert-alkyl or cyclic N) is 1. The van der Waals surface area contributed by atoms with Gasteiger partial charge in [-0.25, -0.2) is 4.98 Å². The topological polar surface area (TPSA) is 78.7 Å². The monoisotopic (exact) mass is 370 g/mol. The predicted octanol–water partition coefficient (Wildman–Crippen LogP) is 1.18. The van der Waals surface area contributed by atoms with E-state index in [0.29, 0.717) is 32.6 Å². The van der Waals surface area contributed by atoms with Gasteiger partial charge in [-0.1, -0.05) is 12.1 Å². The highest BCUT2D eigenvalue weighted by atomic mass is 16.3. The molecule has 3 heterocycles. The van der Waals surface area contributed by atoms with Crippen LogP contribution < -0.4 is 0 Å². The summed E-state index contributed by atoms with van der Waals surface area (Å²) in [6.45, 7) is 4.33. The van der Waals surface area contributed by atoms with Crippen LogP contribution in [0.15, 0.2) is 24.3 Å². The van der Waals surface area contributed by atoms with Crippen LogP contribution in [0.3, 0.4) is 0 Å². The second kappa shape index (κ2) is 6.96. The Morgan fingerprint density at radius 3 is 2.89 bits per heavy atom. The molecular weight excluding hydrogens is 344 g/mol. The average Bonchev–Trinajstić information content (AvgIpc) is 3.22. The number of fused-ring (bicyclic) bond motifs is 1. The van der Waals surface area contributed by atoms with Crippen LogP contribution >= 0.6 is 0 Å². The van der Waals surface area contributed by atoms with Gasteiger partial charge in [0.25, 0.3) is 0 Å². The maximum absolute atomic E-state index is 13.0. The number of imidazole rings is 1. The van der Waals surface area contributed by atoms with Crippen molar-refractivity contribution in [2.45, 2.75) is 32.7 Å². The van der Waals surface area contributed by atoms with Gasteiger partial charge < -0.3 is 19.5 Å². The van der Waals surface area contributed by atoms with Crippen molar-refractivity contribution in [2.24, 2.45) is 5.41 Å². The largest absolute Gasteiger partial charge is 0.395 e. The molecule has 2 aromatic rings. The first-order valence-corrected chi connectivity index (χ1v) is 9.64. The number of aryl methyl sites for hydroxylation is 1. The molecule has 144 valence electrons. The molecule has 1 aromatic heterocycles. The lowest BCUT2D eigenvalue weighted by atomic mass is 9.78. The molecule has 1 aromatic carbocycles. The number of rotatable bonds is 4. The third-order valence-electron chi connectivity index (χ3n) is 6.04. The number of aliphatic hydroxyl groups excluding tert-OH is 1. The van der Waals surface area contributed by atoms with Gasteiger partial charge in [-0.05, 0) is 38.3 Å². The summed E-state index contributed by atoms with van der Waals surface area (Å²) in [5, 5.41) is 9.20. The number of piperidine rings is 1.